The van der Waals surface area contributed by atoms with Crippen molar-refractivity contribution in [2.75, 3.05) is 13.7 Å². The van der Waals surface area contributed by atoms with Gasteiger partial charge < -0.3 is 14.2 Å². The van der Waals surface area contributed by atoms with Crippen molar-refractivity contribution in [3.8, 4) is 11.8 Å². The van der Waals surface area contributed by atoms with Crippen molar-refractivity contribution in [3.63, 3.8) is 0 Å². The first-order valence-corrected chi connectivity index (χ1v) is 7.37. The topological polar surface area (TPSA) is 71.9 Å². The van der Waals surface area contributed by atoms with Gasteiger partial charge in [-0.2, -0.15) is 5.26 Å². The minimum atomic E-state index is -1.57. The molecule has 0 spiro atoms. The smallest absolute Gasteiger partial charge is 0.357 e. The summed E-state index contributed by atoms with van der Waals surface area (Å²) < 4.78 is 15.8. The molecule has 2 atom stereocenters. The molecule has 1 heterocycles. The third-order valence-electron chi connectivity index (χ3n) is 4.31. The van der Waals surface area contributed by atoms with E-state index in [0.717, 1.165) is 22.1 Å². The summed E-state index contributed by atoms with van der Waals surface area (Å²) in [7, 11) is 1.62. The highest BCUT2D eigenvalue weighted by Crippen LogP contribution is 2.56. The van der Waals surface area contributed by atoms with Crippen LogP contribution in [0.15, 0.2) is 36.4 Å². The van der Waals surface area contributed by atoms with Crippen LogP contribution in [0.5, 0.6) is 5.75 Å². The summed E-state index contributed by atoms with van der Waals surface area (Å²) in [5.41, 5.74) is -1.80. The van der Waals surface area contributed by atoms with Gasteiger partial charge >= 0.3 is 5.97 Å². The highest BCUT2D eigenvalue weighted by atomic mass is 16.7. The molecule has 1 aliphatic heterocycles. The number of esters is 1. The van der Waals surface area contributed by atoms with Crippen molar-refractivity contribution in [3.05, 3.63) is 42.0 Å². The Hall–Kier alpha value is -2.58. The Balaban J connectivity index is 2.01. The summed E-state index contributed by atoms with van der Waals surface area (Å²) >= 11 is 0. The number of epoxide rings is 1. The van der Waals surface area contributed by atoms with Crippen LogP contribution < -0.4 is 4.74 Å². The molecule has 23 heavy (non-hydrogen) atoms. The Labute approximate surface area is 134 Å². The van der Waals surface area contributed by atoms with E-state index < -0.39 is 17.2 Å². The Morgan fingerprint density at radius 3 is 2.61 bits per heavy atom. The van der Waals surface area contributed by atoms with Gasteiger partial charge in [0, 0.05) is 0 Å². The molecule has 2 aromatic carbocycles. The van der Waals surface area contributed by atoms with Crippen LogP contribution in [0, 0.1) is 11.3 Å². The maximum atomic E-state index is 12.1. The summed E-state index contributed by atoms with van der Waals surface area (Å²) in [5, 5.41) is 11.4. The van der Waals surface area contributed by atoms with E-state index >= 15 is 0 Å². The van der Waals surface area contributed by atoms with Crippen LogP contribution in [0.2, 0.25) is 0 Å². The molecule has 1 fully saturated rings. The number of carbonyl (C=O) groups excluding carboxylic acids is 1. The fourth-order valence-corrected chi connectivity index (χ4v) is 2.83. The molecule has 0 saturated carbocycles. The van der Waals surface area contributed by atoms with Gasteiger partial charge in [0.05, 0.1) is 13.7 Å². The van der Waals surface area contributed by atoms with Gasteiger partial charge in [0.1, 0.15) is 17.4 Å². The van der Waals surface area contributed by atoms with E-state index in [-0.39, 0.29) is 6.61 Å². The van der Waals surface area contributed by atoms with E-state index in [0.29, 0.717) is 0 Å². The minimum Gasteiger partial charge on any atom is -0.497 e. The molecule has 118 valence electrons. The van der Waals surface area contributed by atoms with Crippen molar-refractivity contribution in [1.82, 2.24) is 0 Å². The molecule has 2 unspecified atom stereocenters. The first-order valence-electron chi connectivity index (χ1n) is 7.37. The Kier molecular flexibility index (Phi) is 3.50. The average Bonchev–Trinajstić information content (AvgIpc) is 3.22. The zero-order chi connectivity index (χ0) is 16.7. The standard InChI is InChI=1S/C18H17NO4/c1-4-22-16(20)18(11-19)17(2,23-18)14-7-5-13-10-15(21-3)8-6-12(13)9-14/h5-10H,4H2,1-3H3. The molecule has 5 nitrogen and oxygen atoms in total. The second-order valence-electron chi connectivity index (χ2n) is 5.58. The zero-order valence-electron chi connectivity index (χ0n) is 13.3. The third-order valence-corrected chi connectivity index (χ3v) is 4.31. The molecule has 5 heteroatoms. The number of ether oxygens (including phenoxy) is 3. The van der Waals surface area contributed by atoms with Crippen LogP contribution in [0.3, 0.4) is 0 Å². The van der Waals surface area contributed by atoms with E-state index in [2.05, 4.69) is 0 Å². The molecular formula is C18H17NO4. The van der Waals surface area contributed by atoms with Crippen LogP contribution in [0.4, 0.5) is 0 Å². The minimum absolute atomic E-state index is 0.208. The second kappa shape index (κ2) is 5.25. The van der Waals surface area contributed by atoms with E-state index in [4.69, 9.17) is 14.2 Å². The monoisotopic (exact) mass is 311 g/mol. The fourth-order valence-electron chi connectivity index (χ4n) is 2.83. The third kappa shape index (κ3) is 2.14. The lowest BCUT2D eigenvalue weighted by atomic mass is 9.87. The molecule has 2 aromatic rings. The molecular weight excluding hydrogens is 294 g/mol. The fraction of sp³-hybridized carbons (Fsp3) is 0.333. The zero-order valence-corrected chi connectivity index (χ0v) is 13.3. The lowest BCUT2D eigenvalue weighted by Gasteiger charge is -2.11. The number of methoxy groups -OCH3 is 1. The number of hydrogen-bond donors (Lipinski definition) is 0. The van der Waals surface area contributed by atoms with E-state index in [1.54, 1.807) is 21.0 Å². The Bertz CT molecular complexity index is 825. The summed E-state index contributed by atoms with van der Waals surface area (Å²) in [6.45, 7) is 3.64. The molecule has 0 bridgehead atoms. The molecule has 0 aliphatic carbocycles. The number of nitriles is 1. The van der Waals surface area contributed by atoms with Crippen molar-refractivity contribution in [1.29, 1.82) is 5.26 Å². The normalized spacial score (nSPS) is 25.7. The lowest BCUT2D eigenvalue weighted by molar-refractivity contribution is -0.147. The lowest BCUT2D eigenvalue weighted by Crippen LogP contribution is -2.31. The van der Waals surface area contributed by atoms with Crippen molar-refractivity contribution >= 4 is 16.7 Å². The van der Waals surface area contributed by atoms with Crippen molar-refractivity contribution < 1.29 is 19.0 Å². The van der Waals surface area contributed by atoms with Gasteiger partial charge in [0.2, 0.25) is 0 Å². The van der Waals surface area contributed by atoms with Gasteiger partial charge in [-0.1, -0.05) is 18.2 Å². The van der Waals surface area contributed by atoms with Gasteiger partial charge in [0.15, 0.2) is 0 Å². The van der Waals surface area contributed by atoms with Gasteiger partial charge in [-0.3, -0.25) is 0 Å². The van der Waals surface area contributed by atoms with Gasteiger partial charge in [0.25, 0.3) is 5.60 Å². The van der Waals surface area contributed by atoms with E-state index in [1.807, 2.05) is 42.5 Å². The van der Waals surface area contributed by atoms with Crippen LogP contribution in [0.1, 0.15) is 19.4 Å². The van der Waals surface area contributed by atoms with E-state index in [9.17, 15) is 10.1 Å². The molecule has 0 aromatic heterocycles. The maximum Gasteiger partial charge on any atom is 0.357 e. The van der Waals surface area contributed by atoms with Crippen LogP contribution in [-0.2, 0) is 19.9 Å². The van der Waals surface area contributed by atoms with Crippen LogP contribution in [-0.4, -0.2) is 25.3 Å². The predicted octanol–water partition coefficient (Wildman–Crippen LogP) is 2.92. The number of benzene rings is 2. The average molecular weight is 311 g/mol. The maximum absolute atomic E-state index is 12.1. The molecule has 0 N–H and O–H groups in total. The molecule has 1 aliphatic rings. The van der Waals surface area contributed by atoms with Gasteiger partial charge in [-0.05, 0) is 48.4 Å². The SMILES string of the molecule is CCOC(=O)C1(C#N)OC1(C)c1ccc2cc(OC)ccc2c1. The molecule has 0 radical (unpaired) electrons. The van der Waals surface area contributed by atoms with Crippen LogP contribution in [0.25, 0.3) is 10.8 Å². The van der Waals surface area contributed by atoms with Gasteiger partial charge in [-0.25, -0.2) is 4.79 Å². The van der Waals surface area contributed by atoms with Crippen LogP contribution >= 0.6 is 0 Å². The summed E-state index contributed by atoms with van der Waals surface area (Å²) in [4.78, 5) is 12.1. The quantitative estimate of drug-likeness (QED) is 0.641. The molecule has 3 rings (SSSR count). The van der Waals surface area contributed by atoms with E-state index in [1.165, 1.54) is 0 Å². The number of carbonyl (C=O) groups is 1. The number of rotatable bonds is 4. The Morgan fingerprint density at radius 2 is 1.96 bits per heavy atom. The Morgan fingerprint density at radius 1 is 1.26 bits per heavy atom. The highest BCUT2D eigenvalue weighted by Gasteiger charge is 2.75. The largest absolute Gasteiger partial charge is 0.497 e. The molecule has 1 saturated heterocycles. The first-order chi connectivity index (χ1) is 11.0. The summed E-state index contributed by atoms with van der Waals surface area (Å²) in [5.74, 6) is 0.136. The number of fused-ring (bicyclic) bond motifs is 1. The summed E-state index contributed by atoms with van der Waals surface area (Å²) in [6, 6.07) is 13.4. The highest BCUT2D eigenvalue weighted by molar-refractivity contribution is 5.90. The second-order valence-corrected chi connectivity index (χ2v) is 5.58. The number of nitrogens with zero attached hydrogens (tertiary/aromatic N) is 1. The first kappa shape index (κ1) is 15.3. The molecule has 0 amide bonds. The summed E-state index contributed by atoms with van der Waals surface area (Å²) in [6.07, 6.45) is 0. The number of hydrogen-bond acceptors (Lipinski definition) is 5. The predicted molar refractivity (Wildman–Crippen MR) is 83.9 cm³/mol. The van der Waals surface area contributed by atoms with Crippen molar-refractivity contribution in [2.45, 2.75) is 25.0 Å². The van der Waals surface area contributed by atoms with Gasteiger partial charge in [-0.15, -0.1) is 0 Å². The van der Waals surface area contributed by atoms with Crippen molar-refractivity contribution in [2.24, 2.45) is 0 Å².